The lowest BCUT2D eigenvalue weighted by atomic mass is 10.0. The van der Waals surface area contributed by atoms with Crippen molar-refractivity contribution in [3.8, 4) is 5.75 Å². The first-order chi connectivity index (χ1) is 7.25. The number of hydrogen-bond acceptors (Lipinski definition) is 2. The molecule has 1 aromatic rings. The number of ether oxygens (including phenoxy) is 1. The molecule has 2 heteroatoms. The zero-order valence-corrected chi connectivity index (χ0v) is 8.82. The Morgan fingerprint density at radius 1 is 1.47 bits per heavy atom. The van der Waals surface area contributed by atoms with Gasteiger partial charge in [0.2, 0.25) is 0 Å². The lowest BCUT2D eigenvalue weighted by Gasteiger charge is -2.02. The summed E-state index contributed by atoms with van der Waals surface area (Å²) in [6.07, 6.45) is 2.05. The average Bonchev–Trinajstić information content (AvgIpc) is 2.89. The predicted octanol–water partition coefficient (Wildman–Crippen LogP) is 2.31. The average molecular weight is 202 g/mol. The molecule has 0 N–H and O–H groups in total. The number of hydrogen-bond donors (Lipinski definition) is 0. The summed E-state index contributed by atoms with van der Waals surface area (Å²) >= 11 is 0. The second kappa shape index (κ2) is 3.09. The van der Waals surface area contributed by atoms with E-state index in [-0.39, 0.29) is 5.92 Å². The molecule has 0 aromatic heterocycles. The molecule has 78 valence electrons. The van der Waals surface area contributed by atoms with E-state index in [2.05, 4.69) is 12.1 Å². The Labute approximate surface area is 89.2 Å². The predicted molar refractivity (Wildman–Crippen MR) is 57.2 cm³/mol. The monoisotopic (exact) mass is 202 g/mol. The molecule has 3 rings (SSSR count). The van der Waals surface area contributed by atoms with E-state index in [0.29, 0.717) is 11.7 Å². The van der Waals surface area contributed by atoms with E-state index in [4.69, 9.17) is 4.74 Å². The molecule has 1 saturated carbocycles. The van der Waals surface area contributed by atoms with Crippen LogP contribution in [0, 0.1) is 5.92 Å². The normalized spacial score (nSPS) is 27.0. The van der Waals surface area contributed by atoms with Crippen LogP contribution >= 0.6 is 0 Å². The molecule has 0 bridgehead atoms. The number of Topliss-reactive ketones (excluding diaryl/α,β-unsaturated/α-hetero) is 1. The zero-order valence-electron chi connectivity index (χ0n) is 8.82. The molecule has 2 atom stereocenters. The third kappa shape index (κ3) is 1.44. The Balaban J connectivity index is 1.86. The smallest absolute Gasteiger partial charge is 0.133 e. The summed E-state index contributed by atoms with van der Waals surface area (Å²) in [6.45, 7) is 2.50. The molecule has 0 amide bonds. The molecule has 1 aliphatic carbocycles. The van der Waals surface area contributed by atoms with Gasteiger partial charge in [-0.2, -0.15) is 0 Å². The standard InChI is InChI=1S/C13H14O2/c1-8(14)11-7-12(11)9-2-3-13-10(6-9)4-5-15-13/h2-3,6,11-12H,4-5,7H2,1H3/t11-,12+/m0/s1. The van der Waals surface area contributed by atoms with Gasteiger partial charge in [0, 0.05) is 12.3 Å². The van der Waals surface area contributed by atoms with Gasteiger partial charge in [0.15, 0.2) is 0 Å². The first kappa shape index (κ1) is 8.96. The van der Waals surface area contributed by atoms with Crippen molar-refractivity contribution < 1.29 is 9.53 Å². The van der Waals surface area contributed by atoms with Gasteiger partial charge in [-0.1, -0.05) is 12.1 Å². The molecule has 15 heavy (non-hydrogen) atoms. The third-order valence-corrected chi connectivity index (χ3v) is 3.45. The lowest BCUT2D eigenvalue weighted by molar-refractivity contribution is -0.118. The summed E-state index contributed by atoms with van der Waals surface area (Å²) in [7, 11) is 0. The van der Waals surface area contributed by atoms with E-state index in [0.717, 1.165) is 25.2 Å². The lowest BCUT2D eigenvalue weighted by Crippen LogP contribution is -1.95. The fourth-order valence-corrected chi connectivity index (χ4v) is 2.45. The molecule has 0 unspecified atom stereocenters. The van der Waals surface area contributed by atoms with Crippen molar-refractivity contribution in [2.24, 2.45) is 5.92 Å². The summed E-state index contributed by atoms with van der Waals surface area (Å²) in [5.41, 5.74) is 2.63. The number of benzene rings is 1. The van der Waals surface area contributed by atoms with Crippen LogP contribution in [0.4, 0.5) is 0 Å². The molecule has 1 aromatic carbocycles. The summed E-state index contributed by atoms with van der Waals surface area (Å²) in [5, 5.41) is 0. The highest BCUT2D eigenvalue weighted by atomic mass is 16.5. The Morgan fingerprint density at radius 3 is 3.07 bits per heavy atom. The van der Waals surface area contributed by atoms with Crippen molar-refractivity contribution in [1.82, 2.24) is 0 Å². The van der Waals surface area contributed by atoms with Gasteiger partial charge < -0.3 is 4.74 Å². The minimum absolute atomic E-state index is 0.283. The van der Waals surface area contributed by atoms with Crippen molar-refractivity contribution >= 4 is 5.78 Å². The first-order valence-electron chi connectivity index (χ1n) is 5.52. The molecule has 0 saturated heterocycles. The Hall–Kier alpha value is -1.31. The number of rotatable bonds is 2. The zero-order chi connectivity index (χ0) is 10.4. The van der Waals surface area contributed by atoms with Crippen LogP contribution in [0.25, 0.3) is 0 Å². The fraction of sp³-hybridized carbons (Fsp3) is 0.462. The van der Waals surface area contributed by atoms with Crippen LogP contribution < -0.4 is 4.74 Å². The highest BCUT2D eigenvalue weighted by Gasteiger charge is 2.41. The molecule has 1 aliphatic heterocycles. The molecule has 0 radical (unpaired) electrons. The van der Waals surface area contributed by atoms with Crippen LogP contribution in [-0.2, 0) is 11.2 Å². The molecule has 2 aliphatic rings. The van der Waals surface area contributed by atoms with Gasteiger partial charge in [-0.05, 0) is 36.5 Å². The molecule has 1 fully saturated rings. The number of ketones is 1. The van der Waals surface area contributed by atoms with Gasteiger partial charge in [-0.25, -0.2) is 0 Å². The van der Waals surface area contributed by atoms with Crippen molar-refractivity contribution in [3.05, 3.63) is 29.3 Å². The fourth-order valence-electron chi connectivity index (χ4n) is 2.45. The Bertz CT molecular complexity index is 423. The van der Waals surface area contributed by atoms with Crippen LogP contribution in [0.1, 0.15) is 30.4 Å². The summed E-state index contributed by atoms with van der Waals surface area (Å²) in [4.78, 5) is 11.2. The second-order valence-corrected chi connectivity index (χ2v) is 4.52. The largest absolute Gasteiger partial charge is 0.493 e. The molecule has 2 nitrogen and oxygen atoms in total. The van der Waals surface area contributed by atoms with E-state index in [9.17, 15) is 4.79 Å². The van der Waals surface area contributed by atoms with Crippen LogP contribution in [0.3, 0.4) is 0 Å². The Kier molecular flexibility index (Phi) is 1.84. The highest BCUT2D eigenvalue weighted by molar-refractivity contribution is 5.82. The quantitative estimate of drug-likeness (QED) is 0.735. The van der Waals surface area contributed by atoms with Crippen LogP contribution in [0.2, 0.25) is 0 Å². The van der Waals surface area contributed by atoms with Gasteiger partial charge >= 0.3 is 0 Å². The van der Waals surface area contributed by atoms with Crippen molar-refractivity contribution in [3.63, 3.8) is 0 Å². The van der Waals surface area contributed by atoms with E-state index in [1.165, 1.54) is 11.1 Å². The van der Waals surface area contributed by atoms with Gasteiger partial charge in [0.05, 0.1) is 6.61 Å². The maximum Gasteiger partial charge on any atom is 0.133 e. The van der Waals surface area contributed by atoms with Crippen LogP contribution in [0.15, 0.2) is 18.2 Å². The van der Waals surface area contributed by atoms with E-state index in [1.807, 2.05) is 6.07 Å². The number of carbonyl (C=O) groups is 1. The SMILES string of the molecule is CC(=O)[C@@H]1C[C@@H]1c1ccc2c(c1)CCO2. The van der Waals surface area contributed by atoms with Crippen molar-refractivity contribution in [2.75, 3.05) is 6.61 Å². The molecular formula is C13H14O2. The maximum absolute atomic E-state index is 11.2. The van der Waals surface area contributed by atoms with E-state index in [1.54, 1.807) is 6.92 Å². The topological polar surface area (TPSA) is 26.3 Å². The second-order valence-electron chi connectivity index (χ2n) is 4.52. The van der Waals surface area contributed by atoms with Crippen molar-refractivity contribution in [2.45, 2.75) is 25.7 Å². The molecular weight excluding hydrogens is 188 g/mol. The highest BCUT2D eigenvalue weighted by Crippen LogP contribution is 2.48. The van der Waals surface area contributed by atoms with Crippen LogP contribution in [-0.4, -0.2) is 12.4 Å². The minimum atomic E-state index is 0.283. The molecule has 0 spiro atoms. The summed E-state index contributed by atoms with van der Waals surface area (Å²) in [5.74, 6) is 2.12. The third-order valence-electron chi connectivity index (χ3n) is 3.45. The van der Waals surface area contributed by atoms with Gasteiger partial charge in [0.25, 0.3) is 0 Å². The van der Waals surface area contributed by atoms with Gasteiger partial charge in [0.1, 0.15) is 11.5 Å². The Morgan fingerprint density at radius 2 is 2.33 bits per heavy atom. The number of fused-ring (bicyclic) bond motifs is 1. The summed E-state index contributed by atoms with van der Waals surface area (Å²) in [6, 6.07) is 6.38. The minimum Gasteiger partial charge on any atom is -0.493 e. The number of carbonyl (C=O) groups excluding carboxylic acids is 1. The van der Waals surface area contributed by atoms with Gasteiger partial charge in [-0.15, -0.1) is 0 Å². The van der Waals surface area contributed by atoms with Gasteiger partial charge in [-0.3, -0.25) is 4.79 Å². The van der Waals surface area contributed by atoms with Crippen LogP contribution in [0.5, 0.6) is 5.75 Å². The van der Waals surface area contributed by atoms with E-state index >= 15 is 0 Å². The maximum atomic E-state index is 11.2. The van der Waals surface area contributed by atoms with Crippen molar-refractivity contribution in [1.29, 1.82) is 0 Å². The van der Waals surface area contributed by atoms with E-state index < -0.39 is 0 Å². The first-order valence-corrected chi connectivity index (χ1v) is 5.52. The summed E-state index contributed by atoms with van der Waals surface area (Å²) < 4.78 is 5.46. The molecule has 1 heterocycles.